The molecule has 1 aromatic heterocycles. The van der Waals surface area contributed by atoms with Gasteiger partial charge in [-0.15, -0.1) is 0 Å². The van der Waals surface area contributed by atoms with Crippen LogP contribution >= 0.6 is 0 Å². The molecule has 6 nitrogen and oxygen atoms in total. The number of carbonyl (C=O) groups excluding carboxylic acids is 1. The number of halogens is 1. The van der Waals surface area contributed by atoms with E-state index < -0.39 is 5.60 Å². The Morgan fingerprint density at radius 2 is 1.87 bits per heavy atom. The number of nitrogens with zero attached hydrogens (tertiary/aromatic N) is 3. The van der Waals surface area contributed by atoms with E-state index in [9.17, 15) is 9.18 Å². The first kappa shape index (κ1) is 28.0. The summed E-state index contributed by atoms with van der Waals surface area (Å²) in [5, 5.41) is 0. The normalized spacial score (nSPS) is 23.5. The molecule has 5 rings (SSSR count). The molecule has 0 unspecified atom stereocenters. The molecule has 2 aliphatic carbocycles. The summed E-state index contributed by atoms with van der Waals surface area (Å²) < 4.78 is 25.5. The lowest BCUT2D eigenvalue weighted by Gasteiger charge is -2.44. The van der Waals surface area contributed by atoms with Crippen LogP contribution < -0.4 is 4.74 Å². The van der Waals surface area contributed by atoms with Gasteiger partial charge in [-0.1, -0.05) is 6.92 Å². The standard InChI is InChI=1S/C32H44FN3O3/c1-4-38-31-18-29(30-12-9-26(33)19-34-30)28(24-7-8-24)17-25(31)20-36-15-13-32(14-16-36,39-22-37)21-35(3)27-10-5-23(2)6-11-27/h9,12,17-19,22-24,27H,4-8,10-11,13-16,20-21H2,1-3H3. The molecule has 3 aliphatic rings. The second-order valence-corrected chi connectivity index (χ2v) is 12.1. The number of hydrogen-bond acceptors (Lipinski definition) is 6. The fourth-order valence-electron chi connectivity index (χ4n) is 6.59. The van der Waals surface area contributed by atoms with Crippen LogP contribution in [-0.4, -0.2) is 66.2 Å². The highest BCUT2D eigenvalue weighted by atomic mass is 19.1. The van der Waals surface area contributed by atoms with Gasteiger partial charge in [0.15, 0.2) is 0 Å². The molecule has 0 radical (unpaired) electrons. The number of pyridine rings is 1. The van der Waals surface area contributed by atoms with Crippen LogP contribution in [-0.2, 0) is 16.1 Å². The molecule has 1 saturated heterocycles. The summed E-state index contributed by atoms with van der Waals surface area (Å²) in [6.07, 6.45) is 10.3. The lowest BCUT2D eigenvalue weighted by Crippen LogP contribution is -2.53. The zero-order valence-corrected chi connectivity index (χ0v) is 23.8. The van der Waals surface area contributed by atoms with E-state index in [0.29, 0.717) is 25.0 Å². The zero-order valence-electron chi connectivity index (χ0n) is 23.8. The first-order chi connectivity index (χ1) is 18.9. The third kappa shape index (κ3) is 6.80. The number of ether oxygens (including phenoxy) is 2. The zero-order chi connectivity index (χ0) is 27.4. The minimum atomic E-state index is -0.421. The number of hydrogen-bond donors (Lipinski definition) is 0. The van der Waals surface area contributed by atoms with Gasteiger partial charge in [0.1, 0.15) is 17.2 Å². The maximum atomic E-state index is 13.6. The van der Waals surface area contributed by atoms with Gasteiger partial charge in [-0.05, 0) is 94.2 Å². The van der Waals surface area contributed by atoms with Crippen molar-refractivity contribution in [2.45, 2.75) is 89.3 Å². The third-order valence-electron chi connectivity index (χ3n) is 9.16. The Labute approximate surface area is 232 Å². The Kier molecular flexibility index (Phi) is 8.87. The Morgan fingerprint density at radius 1 is 1.13 bits per heavy atom. The van der Waals surface area contributed by atoms with Gasteiger partial charge in [0.05, 0.1) is 18.5 Å². The van der Waals surface area contributed by atoms with Crippen LogP contribution in [0.4, 0.5) is 4.39 Å². The molecular formula is C32H44FN3O3. The summed E-state index contributed by atoms with van der Waals surface area (Å²) in [6, 6.07) is 8.21. The van der Waals surface area contributed by atoms with Gasteiger partial charge >= 0.3 is 0 Å². The van der Waals surface area contributed by atoms with E-state index in [1.165, 1.54) is 61.9 Å². The van der Waals surface area contributed by atoms with Crippen molar-refractivity contribution in [3.8, 4) is 17.0 Å². The molecule has 2 heterocycles. The lowest BCUT2D eigenvalue weighted by molar-refractivity contribution is -0.152. The molecule has 7 heteroatoms. The Bertz CT molecular complexity index is 1100. The van der Waals surface area contributed by atoms with E-state index in [1.807, 2.05) is 6.92 Å². The van der Waals surface area contributed by atoms with Crippen molar-refractivity contribution in [3.63, 3.8) is 0 Å². The summed E-state index contributed by atoms with van der Waals surface area (Å²) >= 11 is 0. The van der Waals surface area contributed by atoms with Crippen LogP contribution in [0.25, 0.3) is 11.3 Å². The molecule has 212 valence electrons. The number of benzene rings is 1. The Balaban J connectivity index is 1.29. The molecule has 0 amide bonds. The predicted molar refractivity (Wildman–Crippen MR) is 151 cm³/mol. The van der Waals surface area contributed by atoms with Crippen LogP contribution in [0.1, 0.15) is 82.3 Å². The van der Waals surface area contributed by atoms with Crippen molar-refractivity contribution in [2.24, 2.45) is 5.92 Å². The fraction of sp³-hybridized carbons (Fsp3) is 0.625. The summed E-state index contributed by atoms with van der Waals surface area (Å²) in [6.45, 7) is 8.92. The summed E-state index contributed by atoms with van der Waals surface area (Å²) in [5.41, 5.74) is 3.88. The first-order valence-electron chi connectivity index (χ1n) is 14.9. The van der Waals surface area contributed by atoms with Gasteiger partial charge in [0, 0.05) is 56.2 Å². The number of rotatable bonds is 11. The summed E-state index contributed by atoms with van der Waals surface area (Å²) in [7, 11) is 2.20. The Hall–Kier alpha value is -2.51. The van der Waals surface area contributed by atoms with Gasteiger partial charge < -0.3 is 9.47 Å². The van der Waals surface area contributed by atoms with Gasteiger partial charge in [-0.3, -0.25) is 19.6 Å². The highest BCUT2D eigenvalue weighted by Crippen LogP contribution is 2.46. The van der Waals surface area contributed by atoms with Crippen molar-refractivity contribution in [2.75, 3.05) is 33.3 Å². The second-order valence-electron chi connectivity index (χ2n) is 12.1. The van der Waals surface area contributed by atoms with Gasteiger partial charge in [0.25, 0.3) is 6.47 Å². The van der Waals surface area contributed by atoms with Crippen molar-refractivity contribution in [1.82, 2.24) is 14.8 Å². The maximum absolute atomic E-state index is 13.6. The minimum Gasteiger partial charge on any atom is -0.494 e. The number of piperidine rings is 1. The van der Waals surface area contributed by atoms with E-state index in [-0.39, 0.29) is 5.82 Å². The number of aromatic nitrogens is 1. The summed E-state index contributed by atoms with van der Waals surface area (Å²) in [5.74, 6) is 1.89. The van der Waals surface area contributed by atoms with Crippen molar-refractivity contribution >= 4 is 6.47 Å². The van der Waals surface area contributed by atoms with E-state index >= 15 is 0 Å². The third-order valence-corrected chi connectivity index (χ3v) is 9.16. The SMILES string of the molecule is CCOc1cc(-c2ccc(F)cn2)c(C2CC2)cc1CN1CCC(CN(C)C2CCC(C)CC2)(OC=O)CC1. The molecule has 0 spiro atoms. The minimum absolute atomic E-state index is 0.326. The molecule has 39 heavy (non-hydrogen) atoms. The maximum Gasteiger partial charge on any atom is 0.293 e. The van der Waals surface area contributed by atoms with E-state index in [4.69, 9.17) is 9.47 Å². The van der Waals surface area contributed by atoms with Gasteiger partial charge in [-0.25, -0.2) is 4.39 Å². The van der Waals surface area contributed by atoms with Crippen molar-refractivity contribution < 1.29 is 18.7 Å². The molecule has 1 aliphatic heterocycles. The second kappa shape index (κ2) is 12.3. The molecule has 3 fully saturated rings. The predicted octanol–water partition coefficient (Wildman–Crippen LogP) is 6.18. The van der Waals surface area contributed by atoms with Crippen molar-refractivity contribution in [1.29, 1.82) is 0 Å². The molecule has 0 atom stereocenters. The largest absolute Gasteiger partial charge is 0.494 e. The number of likely N-dealkylation sites (N-methyl/N-ethyl adjacent to an activating group) is 1. The number of likely N-dealkylation sites (tertiary alicyclic amines) is 1. The molecule has 2 saturated carbocycles. The van der Waals surface area contributed by atoms with E-state index in [1.54, 1.807) is 6.07 Å². The first-order valence-corrected chi connectivity index (χ1v) is 14.9. The Morgan fingerprint density at radius 3 is 2.49 bits per heavy atom. The topological polar surface area (TPSA) is 54.9 Å². The van der Waals surface area contributed by atoms with Crippen LogP contribution in [0.2, 0.25) is 0 Å². The van der Waals surface area contributed by atoms with E-state index in [2.05, 4.69) is 40.9 Å². The molecule has 2 aromatic rings. The average molecular weight is 538 g/mol. The quantitative estimate of drug-likeness (QED) is 0.319. The van der Waals surface area contributed by atoms with Gasteiger partial charge in [-0.2, -0.15) is 0 Å². The highest BCUT2D eigenvalue weighted by molar-refractivity contribution is 5.68. The average Bonchev–Trinajstić information content (AvgIpc) is 3.77. The molecule has 0 N–H and O–H groups in total. The van der Waals surface area contributed by atoms with Gasteiger partial charge in [0.2, 0.25) is 0 Å². The van der Waals surface area contributed by atoms with Crippen LogP contribution in [0.15, 0.2) is 30.5 Å². The van der Waals surface area contributed by atoms with Crippen LogP contribution in [0.5, 0.6) is 5.75 Å². The fourth-order valence-corrected chi connectivity index (χ4v) is 6.59. The highest BCUT2D eigenvalue weighted by Gasteiger charge is 2.39. The molecule has 1 aromatic carbocycles. The van der Waals surface area contributed by atoms with Crippen LogP contribution in [0.3, 0.4) is 0 Å². The van der Waals surface area contributed by atoms with Crippen LogP contribution in [0, 0.1) is 11.7 Å². The monoisotopic (exact) mass is 537 g/mol. The lowest BCUT2D eigenvalue weighted by atomic mass is 9.85. The molecule has 0 bridgehead atoms. The van der Waals surface area contributed by atoms with Crippen molar-refractivity contribution in [3.05, 3.63) is 47.4 Å². The smallest absolute Gasteiger partial charge is 0.293 e. The van der Waals surface area contributed by atoms with E-state index in [0.717, 1.165) is 61.9 Å². The molecular weight excluding hydrogens is 493 g/mol. The summed E-state index contributed by atoms with van der Waals surface area (Å²) in [4.78, 5) is 20.8. The number of carbonyl (C=O) groups is 1.